The maximum atomic E-state index is 12.1. The molecule has 1 fully saturated rings. The number of methoxy groups -OCH3 is 1. The lowest BCUT2D eigenvalue weighted by molar-refractivity contribution is -0.142. The van der Waals surface area contributed by atoms with Crippen LogP contribution in [0.5, 0.6) is 11.5 Å². The van der Waals surface area contributed by atoms with Crippen LogP contribution in [0.15, 0.2) is 18.2 Å². The molecule has 0 aromatic heterocycles. The van der Waals surface area contributed by atoms with E-state index in [4.69, 9.17) is 14.6 Å². The van der Waals surface area contributed by atoms with Crippen LogP contribution in [0.4, 0.5) is 0 Å². The number of phenols is 1. The lowest BCUT2D eigenvalue weighted by Crippen LogP contribution is -2.42. The summed E-state index contributed by atoms with van der Waals surface area (Å²) < 4.78 is 9.98. The van der Waals surface area contributed by atoms with Gasteiger partial charge in [0.05, 0.1) is 31.9 Å². The highest BCUT2D eigenvalue weighted by atomic mass is 16.5. The molecule has 1 aromatic carbocycles. The minimum atomic E-state index is -1.03. The van der Waals surface area contributed by atoms with Gasteiger partial charge in [0.15, 0.2) is 11.5 Å². The number of hydrogen-bond donors (Lipinski definition) is 3. The normalized spacial score (nSPS) is 21.4. The van der Waals surface area contributed by atoms with Crippen LogP contribution >= 0.6 is 0 Å². The van der Waals surface area contributed by atoms with E-state index in [2.05, 4.69) is 5.32 Å². The Bertz CT molecular complexity index is 530. The number of para-hydroxylation sites is 1. The van der Waals surface area contributed by atoms with Crippen molar-refractivity contribution in [3.05, 3.63) is 23.8 Å². The zero-order valence-corrected chi connectivity index (χ0v) is 10.8. The number of carboxylic acids is 1. The Kier molecular flexibility index (Phi) is 4.09. The molecule has 0 bridgehead atoms. The monoisotopic (exact) mass is 281 g/mol. The average molecular weight is 281 g/mol. The van der Waals surface area contributed by atoms with Crippen LogP contribution in [0.25, 0.3) is 0 Å². The molecule has 0 aliphatic carbocycles. The van der Waals surface area contributed by atoms with E-state index in [0.717, 1.165) is 0 Å². The summed E-state index contributed by atoms with van der Waals surface area (Å²) in [7, 11) is 1.38. The van der Waals surface area contributed by atoms with Gasteiger partial charge in [0.2, 0.25) is 0 Å². The third kappa shape index (κ3) is 2.67. The second-order valence-electron chi connectivity index (χ2n) is 4.42. The summed E-state index contributed by atoms with van der Waals surface area (Å²) in [6, 6.07) is 3.89. The number of phenolic OH excluding ortho intramolecular Hbond substituents is 1. The van der Waals surface area contributed by atoms with E-state index < -0.39 is 23.8 Å². The summed E-state index contributed by atoms with van der Waals surface area (Å²) in [4.78, 5) is 23.1. The van der Waals surface area contributed by atoms with E-state index in [0.29, 0.717) is 0 Å². The van der Waals surface area contributed by atoms with Gasteiger partial charge in [-0.3, -0.25) is 9.59 Å². The van der Waals surface area contributed by atoms with E-state index >= 15 is 0 Å². The van der Waals surface area contributed by atoms with E-state index in [1.54, 1.807) is 6.07 Å². The van der Waals surface area contributed by atoms with Gasteiger partial charge in [-0.05, 0) is 12.1 Å². The first kappa shape index (κ1) is 14.1. The standard InChI is InChI=1S/C13H15NO6/c1-19-10-4-2-3-7(11(10)15)12(16)14-9-6-20-5-8(9)13(17)18/h2-4,8-9,15H,5-6H2,1H3,(H,14,16)(H,17,18). The predicted octanol–water partition coefficient (Wildman–Crippen LogP) is 0.230. The van der Waals surface area contributed by atoms with Gasteiger partial charge in [0, 0.05) is 0 Å². The lowest BCUT2D eigenvalue weighted by atomic mass is 10.0. The molecule has 1 aliphatic heterocycles. The fourth-order valence-electron chi connectivity index (χ4n) is 2.06. The molecule has 108 valence electrons. The Morgan fingerprint density at radius 3 is 2.80 bits per heavy atom. The van der Waals surface area contributed by atoms with Crippen molar-refractivity contribution in [1.82, 2.24) is 5.32 Å². The van der Waals surface area contributed by atoms with Crippen molar-refractivity contribution in [1.29, 1.82) is 0 Å². The molecule has 1 saturated heterocycles. The van der Waals surface area contributed by atoms with Gasteiger partial charge in [0.25, 0.3) is 5.91 Å². The fraction of sp³-hybridized carbons (Fsp3) is 0.385. The van der Waals surface area contributed by atoms with Gasteiger partial charge in [-0.25, -0.2) is 0 Å². The van der Waals surface area contributed by atoms with Gasteiger partial charge in [-0.2, -0.15) is 0 Å². The van der Waals surface area contributed by atoms with Crippen LogP contribution in [0.2, 0.25) is 0 Å². The molecule has 7 nitrogen and oxygen atoms in total. The molecule has 0 spiro atoms. The van der Waals surface area contributed by atoms with Crippen molar-refractivity contribution in [3.8, 4) is 11.5 Å². The van der Waals surface area contributed by atoms with Crippen LogP contribution < -0.4 is 10.1 Å². The number of aromatic hydroxyl groups is 1. The molecule has 1 aromatic rings. The number of carboxylic acid groups (broad SMARTS) is 1. The van der Waals surface area contributed by atoms with Gasteiger partial charge in [-0.15, -0.1) is 0 Å². The molecule has 7 heteroatoms. The Hall–Kier alpha value is -2.28. The third-order valence-corrected chi connectivity index (χ3v) is 3.18. The van der Waals surface area contributed by atoms with Gasteiger partial charge >= 0.3 is 5.97 Å². The van der Waals surface area contributed by atoms with Gasteiger partial charge in [-0.1, -0.05) is 6.07 Å². The second-order valence-corrected chi connectivity index (χ2v) is 4.42. The Morgan fingerprint density at radius 1 is 1.40 bits per heavy atom. The Labute approximate surface area is 115 Å². The summed E-state index contributed by atoms with van der Waals surface area (Å²) in [5.41, 5.74) is 0.0281. The molecule has 2 unspecified atom stereocenters. The zero-order chi connectivity index (χ0) is 14.7. The molecule has 20 heavy (non-hydrogen) atoms. The number of amides is 1. The molecule has 2 rings (SSSR count). The number of ether oxygens (including phenoxy) is 2. The van der Waals surface area contributed by atoms with E-state index in [-0.39, 0.29) is 30.3 Å². The van der Waals surface area contributed by atoms with Crippen LogP contribution in [0.1, 0.15) is 10.4 Å². The van der Waals surface area contributed by atoms with Gasteiger partial charge < -0.3 is 25.0 Å². The SMILES string of the molecule is COc1cccc(C(=O)NC2COCC2C(=O)O)c1O. The molecule has 0 radical (unpaired) electrons. The maximum Gasteiger partial charge on any atom is 0.311 e. The third-order valence-electron chi connectivity index (χ3n) is 3.18. The summed E-state index contributed by atoms with van der Waals surface area (Å²) in [5, 5.41) is 21.4. The molecule has 3 N–H and O–H groups in total. The largest absolute Gasteiger partial charge is 0.504 e. The van der Waals surface area contributed by atoms with Crippen molar-refractivity contribution in [3.63, 3.8) is 0 Å². The molecule has 2 atom stereocenters. The molecular weight excluding hydrogens is 266 g/mol. The number of hydrogen-bond acceptors (Lipinski definition) is 5. The van der Waals surface area contributed by atoms with Crippen molar-refractivity contribution >= 4 is 11.9 Å². The predicted molar refractivity (Wildman–Crippen MR) is 67.9 cm³/mol. The van der Waals surface area contributed by atoms with Crippen LogP contribution in [0.3, 0.4) is 0 Å². The van der Waals surface area contributed by atoms with Crippen molar-refractivity contribution in [2.75, 3.05) is 20.3 Å². The Balaban J connectivity index is 2.14. The number of nitrogens with one attached hydrogen (secondary N) is 1. The second kappa shape index (κ2) is 5.79. The van der Waals surface area contributed by atoms with Gasteiger partial charge in [0.1, 0.15) is 5.92 Å². The topological polar surface area (TPSA) is 105 Å². The number of aliphatic carboxylic acids is 1. The molecule has 1 heterocycles. The summed E-state index contributed by atoms with van der Waals surface area (Å²) in [5.74, 6) is -2.48. The summed E-state index contributed by atoms with van der Waals surface area (Å²) in [6.45, 7) is 0.192. The Morgan fingerprint density at radius 2 is 2.15 bits per heavy atom. The maximum absolute atomic E-state index is 12.1. The van der Waals surface area contributed by atoms with Crippen LogP contribution in [0, 0.1) is 5.92 Å². The lowest BCUT2D eigenvalue weighted by Gasteiger charge is -2.16. The van der Waals surface area contributed by atoms with Crippen molar-refractivity contribution in [2.45, 2.75) is 6.04 Å². The fourth-order valence-corrected chi connectivity index (χ4v) is 2.06. The first-order chi connectivity index (χ1) is 9.54. The molecular formula is C13H15NO6. The zero-order valence-electron chi connectivity index (χ0n) is 10.8. The first-order valence-corrected chi connectivity index (χ1v) is 6.02. The number of carbonyl (C=O) groups excluding carboxylic acids is 1. The highest BCUT2D eigenvalue weighted by molar-refractivity contribution is 5.98. The number of benzene rings is 1. The highest BCUT2D eigenvalue weighted by Gasteiger charge is 2.35. The van der Waals surface area contributed by atoms with Crippen LogP contribution in [-0.2, 0) is 9.53 Å². The summed E-state index contributed by atoms with van der Waals surface area (Å²) >= 11 is 0. The molecule has 1 amide bonds. The molecule has 0 saturated carbocycles. The van der Waals surface area contributed by atoms with E-state index in [1.807, 2.05) is 0 Å². The van der Waals surface area contributed by atoms with Crippen molar-refractivity contribution < 1.29 is 29.3 Å². The highest BCUT2D eigenvalue weighted by Crippen LogP contribution is 2.29. The van der Waals surface area contributed by atoms with E-state index in [1.165, 1.54) is 19.2 Å². The molecule has 1 aliphatic rings. The minimum Gasteiger partial charge on any atom is -0.504 e. The van der Waals surface area contributed by atoms with Crippen molar-refractivity contribution in [2.24, 2.45) is 5.92 Å². The quantitative estimate of drug-likeness (QED) is 0.729. The average Bonchev–Trinajstić information content (AvgIpc) is 2.87. The summed E-state index contributed by atoms with van der Waals surface area (Å²) in [6.07, 6.45) is 0. The smallest absolute Gasteiger partial charge is 0.311 e. The number of carbonyl (C=O) groups is 2. The van der Waals surface area contributed by atoms with E-state index in [9.17, 15) is 14.7 Å². The number of rotatable bonds is 4. The minimum absolute atomic E-state index is 0.0281. The van der Waals surface area contributed by atoms with Crippen LogP contribution in [-0.4, -0.2) is 48.5 Å². The first-order valence-electron chi connectivity index (χ1n) is 6.02.